The molecule has 0 bridgehead atoms. The first kappa shape index (κ1) is 27.6. The van der Waals surface area contributed by atoms with Gasteiger partial charge in [-0.1, -0.05) is 12.7 Å². The van der Waals surface area contributed by atoms with Crippen molar-refractivity contribution in [2.75, 3.05) is 6.61 Å². The second-order valence-corrected chi connectivity index (χ2v) is 6.18. The van der Waals surface area contributed by atoms with Crippen molar-refractivity contribution >= 4 is 35.8 Å². The van der Waals surface area contributed by atoms with Crippen LogP contribution >= 0.6 is 0 Å². The first-order valence-corrected chi connectivity index (χ1v) is 9.19. The molecule has 0 aromatic rings. The molecule has 0 aliphatic heterocycles. The number of hydrogen-bond donors (Lipinski definition) is 1. The molecule has 1 N–H and O–H groups in total. The van der Waals surface area contributed by atoms with Gasteiger partial charge in [0, 0.05) is 0 Å². The monoisotopic (exact) mass is 446 g/mol. The molecule has 0 unspecified atom stereocenters. The van der Waals surface area contributed by atoms with Gasteiger partial charge in [-0.05, 0) is 27.7 Å². The Kier molecular flexibility index (Phi) is 12.2. The van der Waals surface area contributed by atoms with Crippen LogP contribution in [0.3, 0.4) is 0 Å². The van der Waals surface area contributed by atoms with Crippen molar-refractivity contribution in [3.05, 3.63) is 12.7 Å². The highest BCUT2D eigenvalue weighted by molar-refractivity contribution is 5.86. The van der Waals surface area contributed by atoms with Gasteiger partial charge in [-0.15, -0.1) is 0 Å². The van der Waals surface area contributed by atoms with Gasteiger partial charge in [-0.25, -0.2) is 19.2 Å². The predicted molar refractivity (Wildman–Crippen MR) is 100 cm³/mol. The molecule has 0 aromatic heterocycles. The van der Waals surface area contributed by atoms with E-state index in [0.29, 0.717) is 0 Å². The molecule has 4 atom stereocenters. The maximum absolute atomic E-state index is 12.0. The van der Waals surface area contributed by atoms with Gasteiger partial charge >= 0.3 is 35.8 Å². The maximum atomic E-state index is 12.0. The van der Waals surface area contributed by atoms with Crippen molar-refractivity contribution in [1.82, 2.24) is 0 Å². The second-order valence-electron chi connectivity index (χ2n) is 6.18. The Morgan fingerprint density at radius 2 is 1.10 bits per heavy atom. The molecule has 0 aliphatic carbocycles. The third kappa shape index (κ3) is 11.4. The smallest absolute Gasteiger partial charge is 0.347 e. The lowest BCUT2D eigenvalue weighted by atomic mass is 10.3. The summed E-state index contributed by atoms with van der Waals surface area (Å²) in [6, 6.07) is 0. The van der Waals surface area contributed by atoms with Crippen molar-refractivity contribution in [2.24, 2.45) is 0 Å². The van der Waals surface area contributed by atoms with Crippen molar-refractivity contribution in [2.45, 2.75) is 65.0 Å². The number of carboxylic acid groups (broad SMARTS) is 1. The fraction of sp³-hybridized carbons (Fsp3) is 0.579. The lowest BCUT2D eigenvalue weighted by Crippen LogP contribution is -2.37. The fourth-order valence-corrected chi connectivity index (χ4v) is 1.73. The van der Waals surface area contributed by atoms with E-state index >= 15 is 0 Å². The zero-order chi connectivity index (χ0) is 24.1. The normalized spacial score (nSPS) is 14.1. The van der Waals surface area contributed by atoms with Crippen LogP contribution in [0.1, 0.15) is 40.5 Å². The molecule has 0 saturated carbocycles. The highest BCUT2D eigenvalue weighted by Gasteiger charge is 2.30. The van der Waals surface area contributed by atoms with Crippen LogP contribution in [0.2, 0.25) is 0 Å². The average molecular weight is 446 g/mol. The van der Waals surface area contributed by atoms with Crippen LogP contribution in [0.4, 0.5) is 0 Å². The average Bonchev–Trinajstić information content (AvgIpc) is 2.69. The first-order chi connectivity index (χ1) is 14.4. The van der Waals surface area contributed by atoms with Crippen LogP contribution in [0.5, 0.6) is 0 Å². The van der Waals surface area contributed by atoms with Gasteiger partial charge in [0.25, 0.3) is 0 Å². The lowest BCUT2D eigenvalue weighted by molar-refractivity contribution is -0.184. The molecule has 12 nitrogen and oxygen atoms in total. The Hall–Kier alpha value is -3.44. The van der Waals surface area contributed by atoms with Gasteiger partial charge in [0.1, 0.15) is 6.61 Å². The van der Waals surface area contributed by atoms with Crippen molar-refractivity contribution < 1.29 is 57.6 Å². The summed E-state index contributed by atoms with van der Waals surface area (Å²) in [4.78, 5) is 69.2. The standard InChI is InChI=1S/C19H26O12/c1-6-9-27-16(23)10(2)29-18(25)12(4)31-19(26)13(5)30-17(24)11(3)28-15(22)8-7-14(20)21/h6,10-13H,1,7-9H2,2-5H3,(H,20,21)/t10-,11-,12-,13-/m0/s1. The summed E-state index contributed by atoms with van der Waals surface area (Å²) in [5.41, 5.74) is 0. The van der Waals surface area contributed by atoms with E-state index in [0.717, 1.165) is 6.92 Å². The quantitative estimate of drug-likeness (QED) is 0.234. The van der Waals surface area contributed by atoms with Crippen LogP contribution in [0, 0.1) is 0 Å². The number of carboxylic acids is 1. The van der Waals surface area contributed by atoms with E-state index in [1.54, 1.807) is 0 Å². The van der Waals surface area contributed by atoms with E-state index in [9.17, 15) is 28.8 Å². The van der Waals surface area contributed by atoms with Crippen molar-refractivity contribution in [3.8, 4) is 0 Å². The molecule has 0 rings (SSSR count). The molecule has 0 spiro atoms. The molecule has 0 amide bonds. The maximum Gasteiger partial charge on any atom is 0.347 e. The van der Waals surface area contributed by atoms with Gasteiger partial charge in [-0.3, -0.25) is 9.59 Å². The predicted octanol–water partition coefficient (Wildman–Crippen LogP) is 0.307. The molecule has 0 heterocycles. The van der Waals surface area contributed by atoms with Gasteiger partial charge < -0.3 is 28.8 Å². The summed E-state index contributed by atoms with van der Waals surface area (Å²) in [6.07, 6.45) is -5.11. The number of aliphatic carboxylic acids is 1. The van der Waals surface area contributed by atoms with Gasteiger partial charge in [0.05, 0.1) is 12.8 Å². The van der Waals surface area contributed by atoms with Crippen LogP contribution in [0.15, 0.2) is 12.7 Å². The minimum absolute atomic E-state index is 0.0680. The zero-order valence-corrected chi connectivity index (χ0v) is 17.7. The fourth-order valence-electron chi connectivity index (χ4n) is 1.73. The summed E-state index contributed by atoms with van der Waals surface area (Å²) < 4.78 is 23.9. The van der Waals surface area contributed by atoms with E-state index in [4.69, 9.17) is 28.8 Å². The Morgan fingerprint density at radius 1 is 0.710 bits per heavy atom. The Balaban J connectivity index is 4.53. The molecule has 31 heavy (non-hydrogen) atoms. The summed E-state index contributed by atoms with van der Waals surface area (Å²) in [7, 11) is 0. The van der Waals surface area contributed by atoms with E-state index < -0.39 is 73.1 Å². The molecule has 0 aromatic carbocycles. The molecular formula is C19H26O12. The van der Waals surface area contributed by atoms with Gasteiger partial charge in [0.2, 0.25) is 0 Å². The molecule has 0 fully saturated rings. The summed E-state index contributed by atoms with van der Waals surface area (Å²) in [5.74, 6) is -6.17. The Bertz CT molecular complexity index is 698. The highest BCUT2D eigenvalue weighted by Crippen LogP contribution is 2.07. The minimum atomic E-state index is -1.46. The molecule has 0 saturated heterocycles. The highest BCUT2D eigenvalue weighted by atomic mass is 16.6. The third-order valence-corrected chi connectivity index (χ3v) is 3.40. The zero-order valence-electron chi connectivity index (χ0n) is 17.7. The summed E-state index contributed by atoms with van der Waals surface area (Å²) >= 11 is 0. The SMILES string of the molecule is C=CCOC(=O)[C@H](C)OC(=O)[C@H](C)OC(=O)[C@H](C)OC(=O)[C@H](C)OC(=O)CCC(=O)O. The lowest BCUT2D eigenvalue weighted by Gasteiger charge is -2.19. The summed E-state index contributed by atoms with van der Waals surface area (Å²) in [6.45, 7) is 8.08. The topological polar surface area (TPSA) is 169 Å². The van der Waals surface area contributed by atoms with E-state index in [2.05, 4.69) is 6.58 Å². The first-order valence-electron chi connectivity index (χ1n) is 9.19. The molecule has 0 aliphatic rings. The van der Waals surface area contributed by atoms with Gasteiger partial charge in [0.15, 0.2) is 24.4 Å². The number of rotatable bonds is 13. The van der Waals surface area contributed by atoms with Crippen LogP contribution < -0.4 is 0 Å². The number of ether oxygens (including phenoxy) is 5. The largest absolute Gasteiger partial charge is 0.481 e. The van der Waals surface area contributed by atoms with Crippen molar-refractivity contribution in [1.29, 1.82) is 0 Å². The minimum Gasteiger partial charge on any atom is -0.481 e. The summed E-state index contributed by atoms with van der Waals surface area (Å²) in [5, 5.41) is 8.50. The molecule has 12 heteroatoms. The van der Waals surface area contributed by atoms with Crippen molar-refractivity contribution in [3.63, 3.8) is 0 Å². The van der Waals surface area contributed by atoms with Crippen LogP contribution in [0.25, 0.3) is 0 Å². The van der Waals surface area contributed by atoms with E-state index in [-0.39, 0.29) is 6.61 Å². The van der Waals surface area contributed by atoms with Crippen LogP contribution in [-0.2, 0) is 52.5 Å². The van der Waals surface area contributed by atoms with E-state index in [1.165, 1.54) is 26.8 Å². The molecule has 0 radical (unpaired) electrons. The number of carbonyl (C=O) groups excluding carboxylic acids is 5. The number of esters is 5. The molecule has 174 valence electrons. The Labute approximate surface area is 178 Å². The van der Waals surface area contributed by atoms with E-state index in [1.807, 2.05) is 0 Å². The number of carbonyl (C=O) groups is 6. The number of hydrogen-bond acceptors (Lipinski definition) is 11. The van der Waals surface area contributed by atoms with Gasteiger partial charge in [-0.2, -0.15) is 0 Å². The van der Waals surface area contributed by atoms with Crippen LogP contribution in [-0.4, -0.2) is 71.9 Å². The third-order valence-electron chi connectivity index (χ3n) is 3.40. The molecular weight excluding hydrogens is 420 g/mol. The Morgan fingerprint density at radius 3 is 1.48 bits per heavy atom. The second kappa shape index (κ2) is 13.7.